The molecular formula is C48H61N3+2. The molecule has 0 atom stereocenters. The molecule has 0 aliphatic heterocycles. The molecule has 0 N–H and O–H groups in total. The van der Waals surface area contributed by atoms with Crippen LogP contribution in [0.25, 0.3) is 39.4 Å². The van der Waals surface area contributed by atoms with E-state index in [0.717, 1.165) is 16.8 Å². The molecule has 0 unspecified atom stereocenters. The molecule has 0 bridgehead atoms. The summed E-state index contributed by atoms with van der Waals surface area (Å²) in [5.41, 5.74) is 14.5. The Morgan fingerprint density at radius 2 is 1.33 bits per heavy atom. The van der Waals surface area contributed by atoms with Gasteiger partial charge in [-0.05, 0) is 97.8 Å². The maximum Gasteiger partial charge on any atom is 0.295 e. The Labute approximate surface area is 315 Å². The Kier molecular flexibility index (Phi) is 9.69. The summed E-state index contributed by atoms with van der Waals surface area (Å²) < 4.78 is 45.8. The lowest BCUT2D eigenvalue weighted by Gasteiger charge is -2.21. The number of fused-ring (bicyclic) bond motifs is 1. The van der Waals surface area contributed by atoms with Gasteiger partial charge < -0.3 is 0 Å². The fraction of sp³-hybridized carbons (Fsp3) is 0.375. The fourth-order valence-electron chi connectivity index (χ4n) is 7.10. The predicted molar refractivity (Wildman–Crippen MR) is 218 cm³/mol. The van der Waals surface area contributed by atoms with E-state index >= 15 is 0 Å². The first-order valence-corrected chi connectivity index (χ1v) is 18.5. The largest absolute Gasteiger partial charge is 0.295 e. The number of imidazole rings is 1. The zero-order valence-corrected chi connectivity index (χ0v) is 32.9. The van der Waals surface area contributed by atoms with Crippen LogP contribution in [-0.4, -0.2) is 4.57 Å². The molecule has 266 valence electrons. The van der Waals surface area contributed by atoms with Crippen molar-refractivity contribution < 1.29 is 16.0 Å². The highest BCUT2D eigenvalue weighted by Gasteiger charge is 2.31. The molecule has 0 amide bonds. The van der Waals surface area contributed by atoms with Crippen molar-refractivity contribution in [3.05, 3.63) is 136 Å². The second-order valence-electron chi connectivity index (χ2n) is 15.3. The molecule has 51 heavy (non-hydrogen) atoms. The molecule has 3 nitrogen and oxygen atoms in total. The highest BCUT2D eigenvalue weighted by Crippen LogP contribution is 2.39. The van der Waals surface area contributed by atoms with E-state index in [-0.39, 0.29) is 5.92 Å². The lowest BCUT2D eigenvalue weighted by atomic mass is 9.87. The zero-order chi connectivity index (χ0) is 41.4. The Morgan fingerprint density at radius 3 is 1.90 bits per heavy atom. The van der Waals surface area contributed by atoms with E-state index < -0.39 is 13.2 Å². The molecule has 0 spiro atoms. The van der Waals surface area contributed by atoms with E-state index in [9.17, 15) is 0 Å². The van der Waals surface area contributed by atoms with Crippen molar-refractivity contribution in [3.63, 3.8) is 0 Å². The van der Waals surface area contributed by atoms with E-state index in [1.807, 2.05) is 56.8 Å². The summed E-state index contributed by atoms with van der Waals surface area (Å²) in [6, 6.07) is 31.3. The third-order valence-corrected chi connectivity index (χ3v) is 9.82. The lowest BCUT2D eigenvalue weighted by molar-refractivity contribution is -0.660. The van der Waals surface area contributed by atoms with Crippen molar-refractivity contribution in [1.29, 1.82) is 0 Å². The summed E-state index contributed by atoms with van der Waals surface area (Å²) in [4.78, 5) is 0. The van der Waals surface area contributed by atoms with E-state index in [4.69, 9.17) is 6.85 Å². The van der Waals surface area contributed by atoms with E-state index in [1.54, 1.807) is 12.1 Å². The third-order valence-electron chi connectivity index (χ3n) is 9.82. The number of nitrogens with zero attached hydrogens (tertiary/aromatic N) is 3. The van der Waals surface area contributed by atoms with Crippen LogP contribution in [0.5, 0.6) is 0 Å². The highest BCUT2D eigenvalue weighted by molar-refractivity contribution is 5.81. The van der Waals surface area contributed by atoms with Gasteiger partial charge in [-0.15, -0.1) is 0 Å². The minimum atomic E-state index is -2.11. The normalized spacial score (nSPS) is 13.6. The molecule has 0 aliphatic carbocycles. The second-order valence-corrected chi connectivity index (χ2v) is 15.3. The number of benzene rings is 4. The molecule has 6 rings (SSSR count). The van der Waals surface area contributed by atoms with Crippen LogP contribution in [0.3, 0.4) is 0 Å². The van der Waals surface area contributed by atoms with Crippen LogP contribution in [0.1, 0.15) is 119 Å². The molecule has 0 fully saturated rings. The van der Waals surface area contributed by atoms with Gasteiger partial charge in [0.05, 0.1) is 12.6 Å². The topological polar surface area (TPSA) is 12.7 Å². The Morgan fingerprint density at radius 1 is 0.686 bits per heavy atom. The van der Waals surface area contributed by atoms with Crippen molar-refractivity contribution >= 4 is 11.0 Å². The van der Waals surface area contributed by atoms with Gasteiger partial charge in [-0.3, -0.25) is 0 Å². The predicted octanol–water partition coefficient (Wildman–Crippen LogP) is 11.8. The number of rotatable bonds is 8. The van der Waals surface area contributed by atoms with Gasteiger partial charge >= 0.3 is 0 Å². The van der Waals surface area contributed by atoms with Crippen molar-refractivity contribution in [2.75, 3.05) is 0 Å². The van der Waals surface area contributed by atoms with Crippen LogP contribution >= 0.6 is 0 Å². The monoisotopic (exact) mass is 685 g/mol. The molecule has 0 radical (unpaired) electrons. The number of aryl methyl sites for hydroxylation is 5. The van der Waals surface area contributed by atoms with Gasteiger partial charge in [0, 0.05) is 35.2 Å². The van der Waals surface area contributed by atoms with Gasteiger partial charge in [0.2, 0.25) is 5.69 Å². The molecule has 0 aliphatic rings. The molecule has 0 saturated carbocycles. The van der Waals surface area contributed by atoms with Crippen molar-refractivity contribution in [1.82, 2.24) is 4.57 Å². The molecule has 4 aromatic carbocycles. The first kappa shape index (κ1) is 31.3. The van der Waals surface area contributed by atoms with Crippen LogP contribution in [0, 0.1) is 26.6 Å². The standard InChI is InChI=1S/C30H37N2.C18H24N/c1-19(2)23-17-25(20(3)4)29(26(18-23)21(5)6)32-28-16-12-11-15-27(28)31(8)30(32)24-14-10-9-13-22(24)7;1-13(2)10-16-7-9-18(19(5)12-16)17-8-6-14(3)11-15(17)4/h9-21H,1-8H3;6-9,11-13H,10H2,1-5H3/q2*+1/i;3D3,10D2. The van der Waals surface area contributed by atoms with Gasteiger partial charge in [0.1, 0.15) is 12.7 Å². The van der Waals surface area contributed by atoms with Crippen LogP contribution < -0.4 is 9.13 Å². The van der Waals surface area contributed by atoms with Gasteiger partial charge in [0.25, 0.3) is 5.82 Å². The second kappa shape index (κ2) is 15.8. The molecule has 3 heteroatoms. The maximum atomic E-state index is 8.22. The van der Waals surface area contributed by atoms with Gasteiger partial charge in [0.15, 0.2) is 17.2 Å². The number of hydrogen-bond acceptors (Lipinski definition) is 0. The Hall–Kier alpha value is -4.50. The first-order chi connectivity index (χ1) is 26.2. The molecular weight excluding hydrogens is 619 g/mol. The fourth-order valence-corrected chi connectivity index (χ4v) is 7.10. The maximum absolute atomic E-state index is 8.22. The van der Waals surface area contributed by atoms with Gasteiger partial charge in [-0.2, -0.15) is 4.57 Å². The van der Waals surface area contributed by atoms with Crippen LogP contribution in [0.15, 0.2) is 97.2 Å². The van der Waals surface area contributed by atoms with Crippen molar-refractivity contribution in [2.45, 2.75) is 100 Å². The summed E-state index contributed by atoms with van der Waals surface area (Å²) in [5, 5.41) is 0. The average molecular weight is 685 g/mol. The van der Waals surface area contributed by atoms with Crippen molar-refractivity contribution in [3.8, 4) is 28.3 Å². The first-order valence-electron chi connectivity index (χ1n) is 21.0. The molecule has 2 aromatic heterocycles. The summed E-state index contributed by atoms with van der Waals surface area (Å²) in [6.45, 7) is 19.6. The Balaban J connectivity index is 0.000000224. The minimum absolute atomic E-state index is 0.122. The molecule has 0 saturated heterocycles. The number of para-hydroxylation sites is 2. The minimum Gasteiger partial charge on any atom is -0.225 e. The number of pyridine rings is 1. The van der Waals surface area contributed by atoms with Gasteiger partial charge in [-0.25, -0.2) is 9.13 Å². The third kappa shape index (κ3) is 8.04. The average Bonchev–Trinajstić information content (AvgIpc) is 3.42. The van der Waals surface area contributed by atoms with Crippen LogP contribution in [0.2, 0.25) is 0 Å². The lowest BCUT2D eigenvalue weighted by Crippen LogP contribution is -2.31. The van der Waals surface area contributed by atoms with E-state index in [0.29, 0.717) is 28.9 Å². The van der Waals surface area contributed by atoms with Crippen LogP contribution in [-0.2, 0) is 20.5 Å². The summed E-state index contributed by atoms with van der Waals surface area (Å²) in [5.74, 6) is 2.48. The Bertz CT molecular complexity index is 2320. The molecule has 2 heterocycles. The van der Waals surface area contributed by atoms with Gasteiger partial charge in [-0.1, -0.05) is 116 Å². The van der Waals surface area contributed by atoms with Crippen LogP contribution in [0.4, 0.5) is 0 Å². The summed E-state index contributed by atoms with van der Waals surface area (Å²) >= 11 is 0. The smallest absolute Gasteiger partial charge is 0.225 e. The van der Waals surface area contributed by atoms with E-state index in [1.165, 1.54) is 50.4 Å². The molecule has 6 aromatic rings. The van der Waals surface area contributed by atoms with E-state index in [2.05, 4.69) is 125 Å². The summed E-state index contributed by atoms with van der Waals surface area (Å²) in [6.07, 6.45) is 0.420. The zero-order valence-electron chi connectivity index (χ0n) is 37.9. The SMILES string of the molecule is Cc1ccccc1-c1n(-c2c(C(C)C)cc(C(C)C)cc2C(C)C)c2ccccc2[n+]1C.[2H]C([2H])([2H])c1ccc(-c2ccc(C([2H])([2H])C(C)C)c[n+]2C)c(C)c1. The number of aromatic nitrogens is 3. The highest BCUT2D eigenvalue weighted by atomic mass is 15.2. The number of hydrogen-bond donors (Lipinski definition) is 0. The quantitative estimate of drug-likeness (QED) is 0.142. The summed E-state index contributed by atoms with van der Waals surface area (Å²) in [7, 11) is 4.08. The van der Waals surface area contributed by atoms with Crippen molar-refractivity contribution in [2.24, 2.45) is 20.0 Å².